The largest absolute Gasteiger partial charge is 0.390 e. The predicted molar refractivity (Wildman–Crippen MR) is 147 cm³/mol. The van der Waals surface area contributed by atoms with Crippen LogP contribution in [0.4, 0.5) is 8.78 Å². The van der Waals surface area contributed by atoms with Crippen molar-refractivity contribution in [1.82, 2.24) is 10.6 Å². The van der Waals surface area contributed by atoms with Gasteiger partial charge in [-0.1, -0.05) is 30.2 Å². The van der Waals surface area contributed by atoms with Crippen LogP contribution in [0.25, 0.3) is 0 Å². The summed E-state index contributed by atoms with van der Waals surface area (Å²) >= 11 is 0. The Morgan fingerprint density at radius 3 is 2.44 bits per heavy atom. The highest BCUT2D eigenvalue weighted by Gasteiger charge is 2.44. The average molecular weight is 533 g/mol. The van der Waals surface area contributed by atoms with Gasteiger partial charge in [0.15, 0.2) is 0 Å². The molecule has 7 heteroatoms. The number of methoxy groups -OCH3 is 1. The van der Waals surface area contributed by atoms with Gasteiger partial charge in [-0.15, -0.1) is 6.42 Å². The van der Waals surface area contributed by atoms with Crippen LogP contribution in [0.2, 0.25) is 0 Å². The Balaban J connectivity index is 1.47. The molecule has 1 aliphatic rings. The number of halogens is 2. The number of hydrogen-bond donors (Lipinski definition) is 3. The molecule has 3 aromatic carbocycles. The quantitative estimate of drug-likeness (QED) is 0.224. The molecule has 39 heavy (non-hydrogen) atoms. The van der Waals surface area contributed by atoms with Gasteiger partial charge in [-0.2, -0.15) is 0 Å². The maximum Gasteiger partial charge on any atom is 0.251 e. The number of ether oxygens (including phenoxy) is 1. The van der Waals surface area contributed by atoms with Crippen molar-refractivity contribution in [2.45, 2.75) is 49.8 Å². The van der Waals surface area contributed by atoms with E-state index in [0.717, 1.165) is 48.4 Å². The first-order valence-corrected chi connectivity index (χ1v) is 13.2. The van der Waals surface area contributed by atoms with Crippen LogP contribution in [0.1, 0.15) is 51.9 Å². The van der Waals surface area contributed by atoms with Crippen molar-refractivity contribution in [1.29, 1.82) is 0 Å². The summed E-state index contributed by atoms with van der Waals surface area (Å²) in [6.45, 7) is 0.828. The van der Waals surface area contributed by atoms with Crippen LogP contribution in [0, 0.1) is 24.0 Å². The Morgan fingerprint density at radius 1 is 1.08 bits per heavy atom. The molecule has 0 radical (unpaired) electrons. The zero-order valence-corrected chi connectivity index (χ0v) is 22.1. The van der Waals surface area contributed by atoms with Crippen LogP contribution < -0.4 is 10.6 Å². The van der Waals surface area contributed by atoms with Crippen molar-refractivity contribution in [3.8, 4) is 12.3 Å². The number of aliphatic hydroxyl groups excluding tert-OH is 1. The lowest BCUT2D eigenvalue weighted by atomic mass is 9.98. The van der Waals surface area contributed by atoms with Gasteiger partial charge < -0.3 is 20.5 Å². The van der Waals surface area contributed by atoms with E-state index in [1.807, 2.05) is 36.4 Å². The van der Waals surface area contributed by atoms with E-state index in [9.17, 15) is 18.7 Å². The highest BCUT2D eigenvalue weighted by Crippen LogP contribution is 2.45. The van der Waals surface area contributed by atoms with Crippen molar-refractivity contribution in [2.24, 2.45) is 0 Å². The number of rotatable bonds is 13. The molecule has 3 aromatic rings. The monoisotopic (exact) mass is 532 g/mol. The topological polar surface area (TPSA) is 70.6 Å². The number of nitrogens with one attached hydrogen (secondary N) is 2. The van der Waals surface area contributed by atoms with Gasteiger partial charge in [0.25, 0.3) is 5.91 Å². The number of amides is 1. The lowest BCUT2D eigenvalue weighted by molar-refractivity contribution is 0.0822. The SMILES string of the molecule is C#Cc1cccc(C2(NC[C@@H](O)[C@H](Cc3cc(F)cc(F)c3)NC(=O)c3ccc(CCCOC)cc3)CC2)c1. The third-order valence-electron chi connectivity index (χ3n) is 7.17. The summed E-state index contributed by atoms with van der Waals surface area (Å²) in [7, 11) is 1.66. The molecule has 0 aromatic heterocycles. The van der Waals surface area contributed by atoms with Crippen LogP contribution in [-0.2, 0) is 23.1 Å². The Labute approximate surface area is 228 Å². The number of terminal acetylenes is 1. The molecule has 3 N–H and O–H groups in total. The molecule has 0 spiro atoms. The molecule has 0 bridgehead atoms. The highest BCUT2D eigenvalue weighted by atomic mass is 19.1. The first-order chi connectivity index (χ1) is 18.8. The molecule has 0 aliphatic heterocycles. The third-order valence-corrected chi connectivity index (χ3v) is 7.17. The van der Waals surface area contributed by atoms with Crippen LogP contribution in [0.15, 0.2) is 66.7 Å². The molecule has 4 rings (SSSR count). The lowest BCUT2D eigenvalue weighted by Crippen LogP contribution is -2.50. The number of benzene rings is 3. The molecule has 0 saturated heterocycles. The number of carbonyl (C=O) groups excluding carboxylic acids is 1. The number of aliphatic hydroxyl groups is 1. The molecular formula is C32H34F2N2O3. The van der Waals surface area contributed by atoms with Crippen LogP contribution >= 0.6 is 0 Å². The van der Waals surface area contributed by atoms with Crippen molar-refractivity contribution < 1.29 is 23.4 Å². The lowest BCUT2D eigenvalue weighted by Gasteiger charge is -2.27. The van der Waals surface area contributed by atoms with Gasteiger partial charge in [0.1, 0.15) is 11.6 Å². The van der Waals surface area contributed by atoms with Gasteiger partial charge >= 0.3 is 0 Å². The highest BCUT2D eigenvalue weighted by molar-refractivity contribution is 5.94. The molecule has 2 atom stereocenters. The standard InChI is InChI=1S/C32H34F2N2O3/c1-3-22-6-4-8-26(16-22)32(13-14-32)35-21-30(37)29(19-24-17-27(33)20-28(34)18-24)36-31(38)25-11-9-23(10-12-25)7-5-15-39-2/h1,4,6,8-12,16-18,20,29-30,35,37H,5,7,13-15,19,21H2,2H3,(H,36,38)/t29-,30+/m0/s1. The maximum absolute atomic E-state index is 13.9. The fourth-order valence-electron chi connectivity index (χ4n) is 4.80. The molecular weight excluding hydrogens is 498 g/mol. The van der Waals surface area contributed by atoms with Gasteiger partial charge in [-0.3, -0.25) is 4.79 Å². The van der Waals surface area contributed by atoms with E-state index in [4.69, 9.17) is 11.2 Å². The van der Waals surface area contributed by atoms with Crippen molar-refractivity contribution in [2.75, 3.05) is 20.3 Å². The van der Waals surface area contributed by atoms with Crippen LogP contribution in [0.5, 0.6) is 0 Å². The van der Waals surface area contributed by atoms with E-state index in [1.165, 1.54) is 12.1 Å². The minimum atomic E-state index is -1.03. The second kappa shape index (κ2) is 13.0. The minimum Gasteiger partial charge on any atom is -0.390 e. The molecule has 0 heterocycles. The number of hydrogen-bond acceptors (Lipinski definition) is 4. The molecule has 1 saturated carbocycles. The van der Waals surface area contributed by atoms with Gasteiger partial charge in [0.2, 0.25) is 0 Å². The van der Waals surface area contributed by atoms with E-state index in [-0.39, 0.29) is 24.4 Å². The van der Waals surface area contributed by atoms with Crippen LogP contribution in [0.3, 0.4) is 0 Å². The van der Waals surface area contributed by atoms with Crippen molar-refractivity contribution in [3.63, 3.8) is 0 Å². The third kappa shape index (κ3) is 7.73. The molecule has 1 fully saturated rings. The Hall–Kier alpha value is -3.57. The zero-order valence-electron chi connectivity index (χ0n) is 22.1. The molecule has 1 aliphatic carbocycles. The second-order valence-electron chi connectivity index (χ2n) is 10.1. The minimum absolute atomic E-state index is 0.0535. The van der Waals surface area contributed by atoms with Gasteiger partial charge in [0.05, 0.1) is 12.1 Å². The fourth-order valence-corrected chi connectivity index (χ4v) is 4.80. The first kappa shape index (κ1) is 28.4. The first-order valence-electron chi connectivity index (χ1n) is 13.2. The molecule has 5 nitrogen and oxygen atoms in total. The summed E-state index contributed by atoms with van der Waals surface area (Å²) in [5, 5.41) is 17.5. The molecule has 1 amide bonds. The van der Waals surface area contributed by atoms with E-state index in [0.29, 0.717) is 17.7 Å². The Bertz CT molecular complexity index is 1300. The summed E-state index contributed by atoms with van der Waals surface area (Å²) in [5.41, 5.74) is 3.39. The average Bonchev–Trinajstić information content (AvgIpc) is 3.72. The predicted octanol–water partition coefficient (Wildman–Crippen LogP) is 4.51. The number of carbonyl (C=O) groups is 1. The van der Waals surface area contributed by atoms with Gasteiger partial charge in [-0.25, -0.2) is 8.78 Å². The van der Waals surface area contributed by atoms with Gasteiger partial charge in [-0.05, 0) is 85.2 Å². The summed E-state index contributed by atoms with van der Waals surface area (Å²) in [5.74, 6) is 0.853. The van der Waals surface area contributed by atoms with Crippen molar-refractivity contribution >= 4 is 5.91 Å². The van der Waals surface area contributed by atoms with E-state index in [2.05, 4.69) is 16.6 Å². The Kier molecular flexibility index (Phi) is 9.47. The smallest absolute Gasteiger partial charge is 0.251 e. The molecule has 204 valence electrons. The zero-order chi connectivity index (χ0) is 27.8. The van der Waals surface area contributed by atoms with E-state index < -0.39 is 23.8 Å². The van der Waals surface area contributed by atoms with Crippen LogP contribution in [-0.4, -0.2) is 43.4 Å². The van der Waals surface area contributed by atoms with Crippen molar-refractivity contribution in [3.05, 3.63) is 106 Å². The van der Waals surface area contributed by atoms with Gasteiger partial charge in [0, 0.05) is 43.0 Å². The summed E-state index contributed by atoms with van der Waals surface area (Å²) in [6.07, 6.45) is 8.07. The summed E-state index contributed by atoms with van der Waals surface area (Å²) in [4.78, 5) is 13.1. The summed E-state index contributed by atoms with van der Waals surface area (Å²) in [6, 6.07) is 17.4. The maximum atomic E-state index is 13.9. The molecule has 0 unspecified atom stereocenters. The Morgan fingerprint density at radius 2 is 1.79 bits per heavy atom. The number of aryl methyl sites for hydroxylation is 1. The van der Waals surface area contributed by atoms with E-state index in [1.54, 1.807) is 19.2 Å². The van der Waals surface area contributed by atoms with E-state index >= 15 is 0 Å². The normalized spacial score (nSPS) is 15.3. The second-order valence-corrected chi connectivity index (χ2v) is 10.1. The fraction of sp³-hybridized carbons (Fsp3) is 0.344. The summed E-state index contributed by atoms with van der Waals surface area (Å²) < 4.78 is 32.9.